The number of ketones is 1. The van der Waals surface area contributed by atoms with E-state index in [1.54, 1.807) is 4.40 Å². The molecular weight excluding hydrogens is 558 g/mol. The second-order valence-electron chi connectivity index (χ2n) is 12.8. The Kier molecular flexibility index (Phi) is 10.1. The number of anilines is 1. The number of aryl methyl sites for hydroxylation is 1. The molecule has 2 aromatic heterocycles. The SMILES string of the molecule is CC(C)Cc1ccc(C(Nc2cccc(C(=O)c3nc(CCCC(=O)O)c4ccccn34)c2)c2ccc(CC(C)C)cc2)cc1. The number of aliphatic carboxylic acids is 1. The van der Waals surface area contributed by atoms with Crippen LogP contribution in [0.4, 0.5) is 5.69 Å². The van der Waals surface area contributed by atoms with E-state index in [-0.39, 0.29) is 18.2 Å². The zero-order valence-electron chi connectivity index (χ0n) is 26.7. The van der Waals surface area contributed by atoms with E-state index in [2.05, 4.69) is 81.5 Å². The molecule has 0 saturated heterocycles. The number of hydrogen-bond acceptors (Lipinski definition) is 4. The Hall–Kier alpha value is -4.71. The maximum Gasteiger partial charge on any atom is 0.303 e. The summed E-state index contributed by atoms with van der Waals surface area (Å²) < 4.78 is 1.80. The highest BCUT2D eigenvalue weighted by Gasteiger charge is 2.21. The molecule has 5 aromatic rings. The zero-order valence-corrected chi connectivity index (χ0v) is 26.7. The lowest BCUT2D eigenvalue weighted by atomic mass is 9.93. The van der Waals surface area contributed by atoms with Crippen LogP contribution >= 0.6 is 0 Å². The van der Waals surface area contributed by atoms with E-state index in [0.717, 1.165) is 40.9 Å². The summed E-state index contributed by atoms with van der Waals surface area (Å²) in [5, 5.41) is 12.8. The average Bonchev–Trinajstić information content (AvgIpc) is 3.38. The van der Waals surface area contributed by atoms with Crippen LogP contribution in [-0.2, 0) is 24.1 Å². The van der Waals surface area contributed by atoms with Crippen LogP contribution in [0.25, 0.3) is 5.52 Å². The third-order valence-electron chi connectivity index (χ3n) is 7.98. The average molecular weight is 602 g/mol. The first kappa shape index (κ1) is 31.7. The van der Waals surface area contributed by atoms with Crippen molar-refractivity contribution in [2.24, 2.45) is 11.8 Å². The van der Waals surface area contributed by atoms with E-state index in [4.69, 9.17) is 10.1 Å². The van der Waals surface area contributed by atoms with Gasteiger partial charge in [0.1, 0.15) is 0 Å². The predicted molar refractivity (Wildman–Crippen MR) is 181 cm³/mol. The molecule has 45 heavy (non-hydrogen) atoms. The number of carboxylic acid groups (broad SMARTS) is 1. The molecule has 6 heteroatoms. The van der Waals surface area contributed by atoms with Crippen molar-refractivity contribution in [2.45, 2.75) is 65.8 Å². The molecule has 5 rings (SSSR count). The smallest absolute Gasteiger partial charge is 0.303 e. The number of rotatable bonds is 14. The second kappa shape index (κ2) is 14.4. The third-order valence-corrected chi connectivity index (χ3v) is 7.98. The molecule has 0 bridgehead atoms. The Bertz CT molecular complexity index is 1700. The van der Waals surface area contributed by atoms with Crippen molar-refractivity contribution in [2.75, 3.05) is 5.32 Å². The summed E-state index contributed by atoms with van der Waals surface area (Å²) in [5.74, 6) is 0.483. The van der Waals surface area contributed by atoms with Crippen molar-refractivity contribution in [1.29, 1.82) is 0 Å². The highest BCUT2D eigenvalue weighted by atomic mass is 16.4. The summed E-state index contributed by atoms with van der Waals surface area (Å²) in [4.78, 5) is 29.6. The lowest BCUT2D eigenvalue weighted by molar-refractivity contribution is -0.137. The number of carbonyl (C=O) groups excluding carboxylic acids is 1. The quantitative estimate of drug-likeness (QED) is 0.125. The number of benzene rings is 3. The fourth-order valence-corrected chi connectivity index (χ4v) is 5.89. The molecule has 3 aromatic carbocycles. The summed E-state index contributed by atoms with van der Waals surface area (Å²) in [6.07, 6.45) is 4.92. The molecule has 2 heterocycles. The van der Waals surface area contributed by atoms with Crippen molar-refractivity contribution in [3.05, 3.63) is 137 Å². The van der Waals surface area contributed by atoms with E-state index in [1.807, 2.05) is 48.7 Å². The van der Waals surface area contributed by atoms with Gasteiger partial charge in [0.25, 0.3) is 0 Å². The molecule has 6 nitrogen and oxygen atoms in total. The van der Waals surface area contributed by atoms with Crippen LogP contribution in [0.5, 0.6) is 0 Å². The van der Waals surface area contributed by atoms with E-state index in [0.29, 0.717) is 36.1 Å². The van der Waals surface area contributed by atoms with Gasteiger partial charge in [-0.3, -0.25) is 14.0 Å². The summed E-state index contributed by atoms with van der Waals surface area (Å²) >= 11 is 0. The normalized spacial score (nSPS) is 11.5. The molecule has 0 amide bonds. The number of pyridine rings is 1. The third kappa shape index (κ3) is 8.07. The molecule has 0 aliphatic carbocycles. The van der Waals surface area contributed by atoms with Gasteiger partial charge in [0.05, 0.1) is 17.3 Å². The van der Waals surface area contributed by atoms with Crippen molar-refractivity contribution >= 4 is 23.0 Å². The number of carboxylic acids is 1. The molecule has 0 fully saturated rings. The molecule has 0 unspecified atom stereocenters. The number of carbonyl (C=O) groups is 2. The lowest BCUT2D eigenvalue weighted by Gasteiger charge is -2.22. The fraction of sp³-hybridized carbons (Fsp3) is 0.308. The van der Waals surface area contributed by atoms with Gasteiger partial charge in [0.15, 0.2) is 5.82 Å². The van der Waals surface area contributed by atoms with Crippen LogP contribution in [0.1, 0.15) is 90.7 Å². The maximum atomic E-state index is 13.9. The summed E-state index contributed by atoms with van der Waals surface area (Å²) in [5.41, 5.74) is 7.88. The molecule has 0 aliphatic rings. The Morgan fingerprint density at radius 1 is 0.800 bits per heavy atom. The Morgan fingerprint density at radius 3 is 2.00 bits per heavy atom. The number of hydrogen-bond donors (Lipinski definition) is 2. The molecule has 0 spiro atoms. The van der Waals surface area contributed by atoms with Gasteiger partial charge >= 0.3 is 5.97 Å². The maximum absolute atomic E-state index is 13.9. The summed E-state index contributed by atoms with van der Waals surface area (Å²) in [7, 11) is 0. The number of nitrogens with one attached hydrogen (secondary N) is 1. The molecule has 0 aliphatic heterocycles. The van der Waals surface area contributed by atoms with Crippen LogP contribution in [0.2, 0.25) is 0 Å². The van der Waals surface area contributed by atoms with Gasteiger partial charge in [-0.05, 0) is 84.0 Å². The fourth-order valence-electron chi connectivity index (χ4n) is 5.89. The van der Waals surface area contributed by atoms with E-state index in [9.17, 15) is 9.59 Å². The highest BCUT2D eigenvalue weighted by molar-refractivity contribution is 6.07. The lowest BCUT2D eigenvalue weighted by Crippen LogP contribution is -2.14. The van der Waals surface area contributed by atoms with Crippen LogP contribution in [0.3, 0.4) is 0 Å². The first-order valence-corrected chi connectivity index (χ1v) is 15.9. The molecule has 0 atom stereocenters. The number of fused-ring (bicyclic) bond motifs is 1. The van der Waals surface area contributed by atoms with E-state index < -0.39 is 5.97 Å². The molecule has 2 N–H and O–H groups in total. The standard InChI is InChI=1S/C39H43N3O3/c1-26(2)23-28-14-18-30(19-15-28)37(31-20-16-29(17-21-31)24-27(3)4)40-33-10-7-9-32(25-33)38(45)39-41-34(11-8-13-36(43)44)35-12-5-6-22-42(35)39/h5-7,9-10,12,14-22,25-27,37,40H,8,11,13,23-24H2,1-4H3,(H,43,44). The van der Waals surface area contributed by atoms with Gasteiger partial charge in [-0.25, -0.2) is 4.98 Å². The van der Waals surface area contributed by atoms with Gasteiger partial charge in [-0.15, -0.1) is 0 Å². The van der Waals surface area contributed by atoms with Gasteiger partial charge in [-0.1, -0.05) is 94.4 Å². The molecular formula is C39H43N3O3. The minimum Gasteiger partial charge on any atom is -0.481 e. The van der Waals surface area contributed by atoms with E-state index in [1.165, 1.54) is 11.1 Å². The Labute approximate surface area is 266 Å². The first-order valence-electron chi connectivity index (χ1n) is 15.9. The van der Waals surface area contributed by atoms with Crippen LogP contribution in [0, 0.1) is 11.8 Å². The van der Waals surface area contributed by atoms with Gasteiger partial charge in [-0.2, -0.15) is 0 Å². The molecule has 232 valence electrons. The summed E-state index contributed by atoms with van der Waals surface area (Å²) in [6, 6.07) is 30.9. The second-order valence-corrected chi connectivity index (χ2v) is 12.8. The molecule has 0 radical (unpaired) electrons. The minimum atomic E-state index is -0.838. The topological polar surface area (TPSA) is 83.7 Å². The van der Waals surface area contributed by atoms with Crippen LogP contribution in [0.15, 0.2) is 97.2 Å². The number of aromatic nitrogens is 2. The van der Waals surface area contributed by atoms with Gasteiger partial charge in [0, 0.05) is 23.9 Å². The van der Waals surface area contributed by atoms with Crippen molar-refractivity contribution in [3.8, 4) is 0 Å². The Balaban J connectivity index is 1.44. The monoisotopic (exact) mass is 601 g/mol. The van der Waals surface area contributed by atoms with Gasteiger partial charge in [0.2, 0.25) is 5.78 Å². The van der Waals surface area contributed by atoms with Crippen molar-refractivity contribution < 1.29 is 14.7 Å². The zero-order chi connectivity index (χ0) is 31.9. The van der Waals surface area contributed by atoms with Crippen LogP contribution < -0.4 is 5.32 Å². The van der Waals surface area contributed by atoms with Gasteiger partial charge < -0.3 is 10.4 Å². The predicted octanol–water partition coefficient (Wildman–Crippen LogP) is 8.57. The largest absolute Gasteiger partial charge is 0.481 e. The van der Waals surface area contributed by atoms with E-state index >= 15 is 0 Å². The number of nitrogens with zero attached hydrogens (tertiary/aromatic N) is 2. The highest BCUT2D eigenvalue weighted by Crippen LogP contribution is 2.29. The summed E-state index contributed by atoms with van der Waals surface area (Å²) in [6.45, 7) is 8.94. The van der Waals surface area contributed by atoms with Crippen molar-refractivity contribution in [1.82, 2.24) is 9.38 Å². The minimum absolute atomic E-state index is 0.0604. The Morgan fingerprint density at radius 2 is 1.42 bits per heavy atom. The number of imidazole rings is 1. The van der Waals surface area contributed by atoms with Crippen LogP contribution in [-0.4, -0.2) is 26.2 Å². The van der Waals surface area contributed by atoms with Crippen molar-refractivity contribution in [3.63, 3.8) is 0 Å². The first-order chi connectivity index (χ1) is 21.7. The molecule has 0 saturated carbocycles.